The van der Waals surface area contributed by atoms with E-state index in [9.17, 15) is 14.4 Å². The van der Waals surface area contributed by atoms with Gasteiger partial charge in [0.1, 0.15) is 12.3 Å². The molecule has 1 N–H and O–H groups in total. The summed E-state index contributed by atoms with van der Waals surface area (Å²) in [6.45, 7) is 2.52. The van der Waals surface area contributed by atoms with Gasteiger partial charge in [0.15, 0.2) is 6.67 Å². The minimum atomic E-state index is -0.766. The smallest absolute Gasteiger partial charge is 0.338 e. The maximum absolute atomic E-state index is 12.1. The van der Waals surface area contributed by atoms with Gasteiger partial charge in [-0.15, -0.1) is 0 Å². The Morgan fingerprint density at radius 1 is 1.17 bits per heavy atom. The van der Waals surface area contributed by atoms with Crippen LogP contribution in [-0.4, -0.2) is 55.0 Å². The third-order valence-corrected chi connectivity index (χ3v) is 4.11. The second-order valence-corrected chi connectivity index (χ2v) is 6.23. The SMILES string of the molecule is CCN1C(=O)C(=O)N(C[NH+](C)Cc2cc(Br)ccc2OC)C1=O. The Bertz CT molecular complexity index is 650. The second kappa shape index (κ2) is 7.10. The first kappa shape index (κ1) is 17.4. The van der Waals surface area contributed by atoms with Crippen molar-refractivity contribution in [2.45, 2.75) is 13.5 Å². The Labute approximate surface area is 142 Å². The molecule has 0 aromatic heterocycles. The number of rotatable bonds is 6. The normalized spacial score (nSPS) is 16.3. The molecule has 7 nitrogen and oxygen atoms in total. The molecule has 1 unspecified atom stereocenters. The van der Waals surface area contributed by atoms with Gasteiger partial charge in [-0.3, -0.25) is 14.5 Å². The molecule has 124 valence electrons. The highest BCUT2D eigenvalue weighted by Gasteiger charge is 2.44. The summed E-state index contributed by atoms with van der Waals surface area (Å²) in [6, 6.07) is 5.10. The molecule has 4 amide bonds. The molecular formula is C15H19BrN3O4+. The number of urea groups is 1. The summed E-state index contributed by atoms with van der Waals surface area (Å²) in [5.74, 6) is -0.791. The largest absolute Gasteiger partial charge is 0.496 e. The zero-order chi connectivity index (χ0) is 17.1. The van der Waals surface area contributed by atoms with Crippen molar-refractivity contribution in [3.8, 4) is 5.75 Å². The molecule has 1 atom stereocenters. The number of methoxy groups -OCH3 is 1. The van der Waals surface area contributed by atoms with Crippen LogP contribution >= 0.6 is 15.9 Å². The Morgan fingerprint density at radius 2 is 1.83 bits per heavy atom. The number of halogens is 1. The van der Waals surface area contributed by atoms with Crippen LogP contribution in [0.2, 0.25) is 0 Å². The molecule has 1 aliphatic rings. The summed E-state index contributed by atoms with van der Waals surface area (Å²) in [5.41, 5.74) is 0.942. The molecule has 0 radical (unpaired) electrons. The molecule has 23 heavy (non-hydrogen) atoms. The maximum atomic E-state index is 12.1. The molecule has 1 aromatic rings. The highest BCUT2D eigenvalue weighted by Crippen LogP contribution is 2.22. The lowest BCUT2D eigenvalue weighted by Gasteiger charge is -2.20. The zero-order valence-electron chi connectivity index (χ0n) is 13.3. The van der Waals surface area contributed by atoms with Crippen molar-refractivity contribution in [1.82, 2.24) is 9.80 Å². The highest BCUT2D eigenvalue weighted by atomic mass is 79.9. The molecule has 0 spiro atoms. The van der Waals surface area contributed by atoms with E-state index in [4.69, 9.17) is 4.74 Å². The van der Waals surface area contributed by atoms with Crippen LogP contribution in [0.5, 0.6) is 5.75 Å². The van der Waals surface area contributed by atoms with Gasteiger partial charge in [0.25, 0.3) is 0 Å². The van der Waals surface area contributed by atoms with E-state index in [1.54, 1.807) is 14.0 Å². The first-order valence-electron chi connectivity index (χ1n) is 7.20. The molecule has 0 aliphatic carbocycles. The van der Waals surface area contributed by atoms with E-state index in [0.717, 1.165) is 30.5 Å². The fourth-order valence-electron chi connectivity index (χ4n) is 2.50. The van der Waals surface area contributed by atoms with Crippen LogP contribution in [0, 0.1) is 0 Å². The minimum Gasteiger partial charge on any atom is -0.496 e. The van der Waals surface area contributed by atoms with Crippen molar-refractivity contribution < 1.29 is 24.0 Å². The van der Waals surface area contributed by atoms with E-state index in [1.165, 1.54) is 0 Å². The summed E-state index contributed by atoms with van der Waals surface area (Å²) in [4.78, 5) is 38.6. The third kappa shape index (κ3) is 3.53. The molecule has 2 rings (SSSR count). The Hall–Kier alpha value is -1.93. The lowest BCUT2D eigenvalue weighted by Crippen LogP contribution is -3.09. The first-order chi connectivity index (χ1) is 10.9. The van der Waals surface area contributed by atoms with E-state index in [2.05, 4.69) is 15.9 Å². The van der Waals surface area contributed by atoms with Crippen LogP contribution < -0.4 is 9.64 Å². The topological polar surface area (TPSA) is 71.4 Å². The van der Waals surface area contributed by atoms with Gasteiger partial charge in [-0.25, -0.2) is 9.69 Å². The fraction of sp³-hybridized carbons (Fsp3) is 0.400. The van der Waals surface area contributed by atoms with E-state index in [-0.39, 0.29) is 13.2 Å². The predicted octanol–water partition coefficient (Wildman–Crippen LogP) is 0.241. The van der Waals surface area contributed by atoms with Crippen molar-refractivity contribution in [3.63, 3.8) is 0 Å². The number of hydrogen-bond donors (Lipinski definition) is 1. The van der Waals surface area contributed by atoms with Crippen LogP contribution in [0.15, 0.2) is 22.7 Å². The van der Waals surface area contributed by atoms with Crippen molar-refractivity contribution in [3.05, 3.63) is 28.2 Å². The molecule has 0 saturated carbocycles. The number of carbonyl (C=O) groups is 3. The number of carbonyl (C=O) groups excluding carboxylic acids is 3. The van der Waals surface area contributed by atoms with Crippen LogP contribution in [0.1, 0.15) is 12.5 Å². The quantitative estimate of drug-likeness (QED) is 0.563. The van der Waals surface area contributed by atoms with Gasteiger partial charge in [0.2, 0.25) is 0 Å². The van der Waals surface area contributed by atoms with Crippen molar-refractivity contribution in [2.75, 3.05) is 27.4 Å². The maximum Gasteiger partial charge on any atom is 0.338 e. The molecule has 1 fully saturated rings. The number of hydrogen-bond acceptors (Lipinski definition) is 4. The van der Waals surface area contributed by atoms with Crippen LogP contribution in [0.25, 0.3) is 0 Å². The van der Waals surface area contributed by atoms with Crippen LogP contribution in [0.4, 0.5) is 4.79 Å². The molecule has 0 bridgehead atoms. The second-order valence-electron chi connectivity index (χ2n) is 5.31. The number of nitrogens with one attached hydrogen (secondary N) is 1. The number of imide groups is 2. The average molecular weight is 385 g/mol. The Balaban J connectivity index is 2.10. The molecule has 8 heteroatoms. The van der Waals surface area contributed by atoms with E-state index in [0.29, 0.717) is 6.54 Å². The van der Waals surface area contributed by atoms with Crippen LogP contribution in [0.3, 0.4) is 0 Å². The summed E-state index contributed by atoms with van der Waals surface area (Å²) in [6.07, 6.45) is 0. The number of nitrogens with zero attached hydrogens (tertiary/aromatic N) is 2. The lowest BCUT2D eigenvalue weighted by atomic mass is 10.2. The summed E-state index contributed by atoms with van der Waals surface area (Å²) in [5, 5.41) is 0. The van der Waals surface area contributed by atoms with Gasteiger partial charge in [-0.05, 0) is 25.1 Å². The number of ether oxygens (including phenoxy) is 1. The molecule has 1 heterocycles. The Morgan fingerprint density at radius 3 is 2.39 bits per heavy atom. The van der Waals surface area contributed by atoms with Crippen molar-refractivity contribution >= 4 is 33.8 Å². The summed E-state index contributed by atoms with van der Waals surface area (Å²) >= 11 is 3.41. The number of benzene rings is 1. The lowest BCUT2D eigenvalue weighted by molar-refractivity contribution is -0.901. The van der Waals surface area contributed by atoms with Gasteiger partial charge >= 0.3 is 17.8 Å². The predicted molar refractivity (Wildman–Crippen MR) is 85.8 cm³/mol. The van der Waals surface area contributed by atoms with Gasteiger partial charge in [-0.2, -0.15) is 0 Å². The average Bonchev–Trinajstić information content (AvgIpc) is 2.71. The highest BCUT2D eigenvalue weighted by molar-refractivity contribution is 9.10. The minimum absolute atomic E-state index is 0.121. The van der Waals surface area contributed by atoms with E-state index >= 15 is 0 Å². The molecular weight excluding hydrogens is 366 g/mol. The van der Waals surface area contributed by atoms with Crippen molar-refractivity contribution in [2.24, 2.45) is 0 Å². The van der Waals surface area contributed by atoms with E-state index < -0.39 is 17.8 Å². The van der Waals surface area contributed by atoms with Gasteiger partial charge in [-0.1, -0.05) is 15.9 Å². The van der Waals surface area contributed by atoms with Crippen molar-refractivity contribution in [1.29, 1.82) is 0 Å². The van der Waals surface area contributed by atoms with Gasteiger partial charge in [0, 0.05) is 16.6 Å². The van der Waals surface area contributed by atoms with E-state index in [1.807, 2.05) is 25.2 Å². The third-order valence-electron chi connectivity index (χ3n) is 3.61. The molecule has 1 aliphatic heterocycles. The Kier molecular flexibility index (Phi) is 5.38. The number of quaternary nitrogens is 1. The molecule has 1 aromatic carbocycles. The van der Waals surface area contributed by atoms with Gasteiger partial charge < -0.3 is 9.64 Å². The fourth-order valence-corrected chi connectivity index (χ4v) is 2.91. The number of amides is 4. The summed E-state index contributed by atoms with van der Waals surface area (Å²) < 4.78 is 6.24. The number of likely N-dealkylation sites (N-methyl/N-ethyl adjacent to an activating group) is 1. The zero-order valence-corrected chi connectivity index (χ0v) is 14.8. The van der Waals surface area contributed by atoms with Crippen LogP contribution in [-0.2, 0) is 16.1 Å². The first-order valence-corrected chi connectivity index (χ1v) is 7.99. The summed E-state index contributed by atoms with van der Waals surface area (Å²) in [7, 11) is 3.44. The molecule has 1 saturated heterocycles. The monoisotopic (exact) mass is 384 g/mol. The standard InChI is InChI=1S/C15H18BrN3O4/c1-4-18-13(20)14(21)19(15(18)22)9-17(2)8-10-7-11(16)5-6-12(10)23-3/h5-7H,4,8-9H2,1-3H3/p+1. The van der Waals surface area contributed by atoms with Gasteiger partial charge in [0.05, 0.1) is 14.2 Å².